The van der Waals surface area contributed by atoms with Crippen molar-refractivity contribution in [3.63, 3.8) is 0 Å². The van der Waals surface area contributed by atoms with Gasteiger partial charge in [0.15, 0.2) is 21.8 Å². The van der Waals surface area contributed by atoms with Crippen molar-refractivity contribution in [1.29, 1.82) is 0 Å². The maximum absolute atomic E-state index is 13.9. The fourth-order valence-corrected chi connectivity index (χ4v) is 5.04. The highest BCUT2D eigenvalue weighted by molar-refractivity contribution is 6.43. The molecular formula is C24H30Cl3N5O4. The lowest BCUT2D eigenvalue weighted by atomic mass is 9.81. The first-order chi connectivity index (χ1) is 16.8. The Balaban J connectivity index is 1.69. The van der Waals surface area contributed by atoms with E-state index in [1.165, 1.54) is 0 Å². The Morgan fingerprint density at radius 1 is 1.22 bits per heavy atom. The fourth-order valence-electron chi connectivity index (χ4n) is 4.51. The summed E-state index contributed by atoms with van der Waals surface area (Å²) < 4.78 is 13.3. The summed E-state index contributed by atoms with van der Waals surface area (Å²) in [6.07, 6.45) is 0.0505. The third-order valence-corrected chi connectivity index (χ3v) is 7.36. The molecule has 2 aliphatic rings. The van der Waals surface area contributed by atoms with Crippen molar-refractivity contribution < 1.29 is 19.1 Å². The third kappa shape index (κ3) is 5.10. The lowest BCUT2D eigenvalue weighted by molar-refractivity contribution is 0.00721. The first-order valence-corrected chi connectivity index (χ1v) is 13.0. The first-order valence-electron chi connectivity index (χ1n) is 11.8. The number of piperidine rings is 1. The zero-order chi connectivity index (χ0) is 26.5. The number of likely N-dealkylation sites (tertiary alicyclic amines) is 1. The van der Waals surface area contributed by atoms with Gasteiger partial charge in [-0.15, -0.1) is 0 Å². The second-order valence-corrected chi connectivity index (χ2v) is 11.5. The van der Waals surface area contributed by atoms with E-state index in [2.05, 4.69) is 15.4 Å². The molecule has 1 saturated heterocycles. The first kappa shape index (κ1) is 26.8. The summed E-state index contributed by atoms with van der Waals surface area (Å²) in [7, 11) is 0. The quantitative estimate of drug-likeness (QED) is 0.440. The van der Waals surface area contributed by atoms with Gasteiger partial charge < -0.3 is 19.7 Å². The van der Waals surface area contributed by atoms with Crippen LogP contribution in [0.1, 0.15) is 63.0 Å². The number of carbonyl (C=O) groups is 2. The van der Waals surface area contributed by atoms with Gasteiger partial charge in [-0.3, -0.25) is 4.79 Å². The average Bonchev–Trinajstić information content (AvgIpc) is 2.98. The fraction of sp³-hybridized carbons (Fsp3) is 0.583. The second-order valence-electron chi connectivity index (χ2n) is 10.5. The lowest BCUT2D eigenvalue weighted by Gasteiger charge is -2.37. The Morgan fingerprint density at radius 2 is 1.92 bits per heavy atom. The SMILES string of the molecule is Cc1c(Cl)nn(C(C)C)c1Nc1nc(Cl)c(Cl)c2c1C(=O)C1CCN(C(=O)OC(C)(C)C)CC1CO2. The van der Waals surface area contributed by atoms with Crippen LogP contribution in [-0.2, 0) is 4.74 Å². The summed E-state index contributed by atoms with van der Waals surface area (Å²) in [5.74, 6) is 0.207. The van der Waals surface area contributed by atoms with Crippen molar-refractivity contribution in [1.82, 2.24) is 19.7 Å². The van der Waals surface area contributed by atoms with E-state index in [4.69, 9.17) is 44.3 Å². The molecule has 196 valence electrons. The van der Waals surface area contributed by atoms with Crippen LogP contribution >= 0.6 is 34.8 Å². The molecule has 0 aliphatic carbocycles. The monoisotopic (exact) mass is 557 g/mol. The van der Waals surface area contributed by atoms with Crippen LogP contribution in [0.4, 0.5) is 16.4 Å². The van der Waals surface area contributed by atoms with E-state index >= 15 is 0 Å². The van der Waals surface area contributed by atoms with Gasteiger partial charge in [0.1, 0.15) is 27.8 Å². The van der Waals surface area contributed by atoms with Gasteiger partial charge in [0, 0.05) is 36.5 Å². The minimum Gasteiger partial charge on any atom is -0.491 e. The van der Waals surface area contributed by atoms with Crippen LogP contribution in [0.25, 0.3) is 0 Å². The predicted octanol–water partition coefficient (Wildman–Crippen LogP) is 6.32. The molecule has 12 heteroatoms. The Hall–Kier alpha value is -2.23. The number of aromatic nitrogens is 3. The number of pyridine rings is 1. The number of ketones is 1. The zero-order valence-corrected chi connectivity index (χ0v) is 23.4. The van der Waals surface area contributed by atoms with Crippen molar-refractivity contribution in [3.8, 4) is 5.75 Å². The van der Waals surface area contributed by atoms with Crippen LogP contribution in [0.5, 0.6) is 5.75 Å². The molecule has 0 radical (unpaired) electrons. The number of Topliss-reactive ketones (excluding diaryl/α,β-unsaturated/α-hetero) is 1. The number of amides is 1. The molecule has 2 unspecified atom stereocenters. The molecule has 0 spiro atoms. The van der Waals surface area contributed by atoms with Crippen molar-refractivity contribution in [2.45, 2.75) is 59.6 Å². The number of carbonyl (C=O) groups excluding carboxylic acids is 2. The normalized spacial score (nSPS) is 19.9. The molecule has 0 bridgehead atoms. The van der Waals surface area contributed by atoms with Crippen molar-refractivity contribution in [2.24, 2.45) is 11.8 Å². The Labute approximate surface area is 225 Å². The molecule has 4 heterocycles. The number of nitrogens with one attached hydrogen (secondary N) is 1. The Kier molecular flexibility index (Phi) is 7.38. The molecule has 2 aromatic rings. The van der Waals surface area contributed by atoms with Gasteiger partial charge >= 0.3 is 6.09 Å². The summed E-state index contributed by atoms with van der Waals surface area (Å²) in [5.41, 5.74) is 0.326. The number of halogens is 3. The molecule has 9 nitrogen and oxygen atoms in total. The molecule has 2 aromatic heterocycles. The molecule has 0 saturated carbocycles. The van der Waals surface area contributed by atoms with Crippen LogP contribution in [0.2, 0.25) is 15.3 Å². The van der Waals surface area contributed by atoms with E-state index in [1.54, 1.807) is 9.58 Å². The highest BCUT2D eigenvalue weighted by atomic mass is 35.5. The number of hydrogen-bond acceptors (Lipinski definition) is 7. The van der Waals surface area contributed by atoms with Gasteiger partial charge in [0.25, 0.3) is 0 Å². The van der Waals surface area contributed by atoms with Gasteiger partial charge in [0.05, 0.1) is 6.61 Å². The summed E-state index contributed by atoms with van der Waals surface area (Å²) in [6, 6.07) is -0.00594. The van der Waals surface area contributed by atoms with Crippen molar-refractivity contribution >= 4 is 58.3 Å². The third-order valence-electron chi connectivity index (χ3n) is 6.28. The van der Waals surface area contributed by atoms with Crippen molar-refractivity contribution in [3.05, 3.63) is 26.5 Å². The van der Waals surface area contributed by atoms with E-state index in [9.17, 15) is 9.59 Å². The smallest absolute Gasteiger partial charge is 0.410 e. The zero-order valence-electron chi connectivity index (χ0n) is 21.1. The average molecular weight is 559 g/mol. The number of nitrogens with zero attached hydrogens (tertiary/aromatic N) is 4. The van der Waals surface area contributed by atoms with E-state index < -0.39 is 11.7 Å². The lowest BCUT2D eigenvalue weighted by Crippen LogP contribution is -2.48. The Morgan fingerprint density at radius 3 is 2.56 bits per heavy atom. The van der Waals surface area contributed by atoms with Crippen LogP contribution in [0, 0.1) is 18.8 Å². The van der Waals surface area contributed by atoms with Gasteiger partial charge in [-0.25, -0.2) is 14.5 Å². The van der Waals surface area contributed by atoms with Crippen LogP contribution in [0.3, 0.4) is 0 Å². The highest BCUT2D eigenvalue weighted by Gasteiger charge is 2.43. The molecule has 2 atom stereocenters. The molecule has 4 rings (SSSR count). The summed E-state index contributed by atoms with van der Waals surface area (Å²) in [4.78, 5) is 32.6. The maximum atomic E-state index is 13.9. The van der Waals surface area contributed by atoms with Gasteiger partial charge in [-0.1, -0.05) is 34.8 Å². The van der Waals surface area contributed by atoms with Crippen LogP contribution < -0.4 is 10.1 Å². The summed E-state index contributed by atoms with van der Waals surface area (Å²) in [5, 5.41) is 8.02. The number of ether oxygens (including phenoxy) is 2. The molecule has 36 heavy (non-hydrogen) atoms. The van der Waals surface area contributed by atoms with Crippen LogP contribution in [0.15, 0.2) is 0 Å². The maximum Gasteiger partial charge on any atom is 0.410 e. The largest absolute Gasteiger partial charge is 0.491 e. The minimum absolute atomic E-state index is 0.00494. The number of rotatable bonds is 3. The standard InChI is InChI=1S/C24H30Cl3N5O4/c1-11(2)32-22(12(3)19(26)30-32)29-21-15-17(33)14-7-8-31(23(34)36-24(4,5)6)9-13(14)10-35-18(15)16(25)20(27)28-21/h11,13-14H,7-10H2,1-6H3,(H,28,29). The highest BCUT2D eigenvalue weighted by Crippen LogP contribution is 2.44. The van der Waals surface area contributed by atoms with E-state index in [0.29, 0.717) is 36.0 Å². The van der Waals surface area contributed by atoms with Gasteiger partial charge in [-0.05, 0) is 48.0 Å². The number of fused-ring (bicyclic) bond motifs is 2. The van der Waals surface area contributed by atoms with Gasteiger partial charge in [-0.2, -0.15) is 5.10 Å². The molecule has 1 amide bonds. The second kappa shape index (κ2) is 9.91. The summed E-state index contributed by atoms with van der Waals surface area (Å²) >= 11 is 19.1. The summed E-state index contributed by atoms with van der Waals surface area (Å²) in [6.45, 7) is 12.1. The van der Waals surface area contributed by atoms with E-state index in [1.807, 2.05) is 41.5 Å². The minimum atomic E-state index is -0.611. The number of anilines is 2. The van der Waals surface area contributed by atoms with Crippen molar-refractivity contribution in [2.75, 3.05) is 25.0 Å². The predicted molar refractivity (Wildman–Crippen MR) is 139 cm³/mol. The molecule has 0 aromatic carbocycles. The molecule has 2 aliphatic heterocycles. The van der Waals surface area contributed by atoms with Gasteiger partial charge in [0.2, 0.25) is 0 Å². The van der Waals surface area contributed by atoms with E-state index in [0.717, 1.165) is 0 Å². The number of hydrogen-bond donors (Lipinski definition) is 1. The molecule has 1 fully saturated rings. The van der Waals surface area contributed by atoms with Crippen LogP contribution in [-0.4, -0.2) is 56.8 Å². The molecular weight excluding hydrogens is 529 g/mol. The van der Waals surface area contributed by atoms with E-state index in [-0.39, 0.29) is 57.6 Å². The topological polar surface area (TPSA) is 98.6 Å². The molecule has 1 N–H and O–H groups in total. The Bertz CT molecular complexity index is 1210.